The van der Waals surface area contributed by atoms with Crippen LogP contribution >= 0.6 is 0 Å². The Morgan fingerprint density at radius 1 is 1.06 bits per heavy atom. The highest BCUT2D eigenvalue weighted by Gasteiger charge is 2.44. The summed E-state index contributed by atoms with van der Waals surface area (Å²) in [4.78, 5) is 15.1. The molecule has 0 unspecified atom stereocenters. The minimum Gasteiger partial charge on any atom is -0.384 e. The van der Waals surface area contributed by atoms with Crippen LogP contribution in [0.3, 0.4) is 0 Å². The number of Topliss-reactive ketones (excluding diaryl/α,β-unsaturated/α-hetero) is 1. The van der Waals surface area contributed by atoms with Gasteiger partial charge < -0.3 is 5.73 Å². The number of allylic oxidation sites excluding steroid dienone is 3. The van der Waals surface area contributed by atoms with E-state index >= 15 is 0 Å². The van der Waals surface area contributed by atoms with Gasteiger partial charge in [-0.15, -0.1) is 0 Å². The van der Waals surface area contributed by atoms with Gasteiger partial charge in [0.25, 0.3) is 0 Å². The lowest BCUT2D eigenvalue weighted by molar-refractivity contribution is -0.118. The Bertz CT molecular complexity index is 1300. The quantitative estimate of drug-likeness (QED) is 0.741. The minimum absolute atomic E-state index is 0.0171. The monoisotopic (exact) mass is 448 g/mol. The van der Waals surface area contributed by atoms with Gasteiger partial charge in [0.2, 0.25) is 10.0 Å². The van der Waals surface area contributed by atoms with Crippen LogP contribution in [0.15, 0.2) is 82.2 Å². The number of hydrogen-bond acceptors (Lipinski definition) is 6. The van der Waals surface area contributed by atoms with Crippen molar-refractivity contribution in [1.29, 1.82) is 5.26 Å². The molecule has 4 N–H and O–H groups in total. The van der Waals surface area contributed by atoms with Crippen molar-refractivity contribution >= 4 is 21.5 Å². The highest BCUT2D eigenvalue weighted by Crippen LogP contribution is 2.50. The molecule has 7 nitrogen and oxygen atoms in total. The fourth-order valence-corrected chi connectivity index (χ4v) is 5.08. The van der Waals surface area contributed by atoms with Crippen LogP contribution in [0.4, 0.5) is 5.69 Å². The number of anilines is 1. The summed E-state index contributed by atoms with van der Waals surface area (Å²) in [5.74, 6) is -0.329. The van der Waals surface area contributed by atoms with Gasteiger partial charge in [-0.3, -0.25) is 9.69 Å². The van der Waals surface area contributed by atoms with Crippen LogP contribution in [-0.4, -0.2) is 14.2 Å². The Hall–Kier alpha value is -3.41. The van der Waals surface area contributed by atoms with Crippen molar-refractivity contribution < 1.29 is 13.2 Å². The largest absolute Gasteiger partial charge is 0.384 e. The molecule has 0 fully saturated rings. The maximum Gasteiger partial charge on any atom is 0.238 e. The predicted molar refractivity (Wildman–Crippen MR) is 121 cm³/mol. The molecule has 0 bridgehead atoms. The van der Waals surface area contributed by atoms with E-state index in [0.717, 1.165) is 11.3 Å². The summed E-state index contributed by atoms with van der Waals surface area (Å²) in [7, 11) is -3.86. The molecule has 0 radical (unpaired) electrons. The van der Waals surface area contributed by atoms with Gasteiger partial charge in [0.05, 0.1) is 22.5 Å². The van der Waals surface area contributed by atoms with Crippen molar-refractivity contribution in [2.24, 2.45) is 16.3 Å². The number of nitrogens with two attached hydrogens (primary N) is 2. The van der Waals surface area contributed by atoms with Crippen molar-refractivity contribution in [2.45, 2.75) is 37.5 Å². The summed E-state index contributed by atoms with van der Waals surface area (Å²) in [5.41, 5.74) is 9.25. The van der Waals surface area contributed by atoms with E-state index in [1.807, 2.05) is 44.2 Å². The zero-order valence-corrected chi connectivity index (χ0v) is 18.7. The maximum atomic E-state index is 13.4. The lowest BCUT2D eigenvalue weighted by atomic mass is 9.68. The van der Waals surface area contributed by atoms with Crippen molar-refractivity contribution in [3.8, 4) is 6.07 Å². The number of nitrogens with zero attached hydrogens (tertiary/aromatic N) is 2. The standard InChI is InChI=1S/C24H24N4O3S/c1-24(2)12-19-22(20(29)13-24)21(15-6-4-3-5-7-15)18(14-25)23(26)28(19)16-8-10-17(11-9-16)32(27,30)31/h3-11,21H,12-13,26H2,1-2H3,(H2,27,30,31)/t21-/m1/s1. The second kappa shape index (κ2) is 7.62. The lowest BCUT2D eigenvalue weighted by Gasteiger charge is -2.43. The van der Waals surface area contributed by atoms with Crippen molar-refractivity contribution in [1.82, 2.24) is 0 Å². The molecule has 0 amide bonds. The topological polar surface area (TPSA) is 130 Å². The number of ketones is 1. The second-order valence-corrected chi connectivity index (χ2v) is 10.5. The van der Waals surface area contributed by atoms with Gasteiger partial charge in [0, 0.05) is 23.4 Å². The highest BCUT2D eigenvalue weighted by molar-refractivity contribution is 7.89. The summed E-state index contributed by atoms with van der Waals surface area (Å²) in [6.45, 7) is 4.04. The second-order valence-electron chi connectivity index (χ2n) is 8.93. The number of hydrogen-bond donors (Lipinski definition) is 2. The molecule has 2 aliphatic rings. The van der Waals surface area contributed by atoms with E-state index in [0.29, 0.717) is 29.7 Å². The molecule has 2 aromatic carbocycles. The average molecular weight is 449 g/mol. The van der Waals surface area contributed by atoms with Crippen LogP contribution in [0.2, 0.25) is 0 Å². The molecular formula is C24H24N4O3S. The molecule has 8 heteroatoms. The molecule has 0 aromatic heterocycles. The first-order valence-electron chi connectivity index (χ1n) is 10.2. The predicted octanol–water partition coefficient (Wildman–Crippen LogP) is 3.27. The van der Waals surface area contributed by atoms with Crippen LogP contribution < -0.4 is 15.8 Å². The number of primary sulfonamides is 1. The number of carbonyl (C=O) groups excluding carboxylic acids is 1. The van der Waals surface area contributed by atoms with Crippen LogP contribution in [0.25, 0.3) is 0 Å². The fourth-order valence-electron chi connectivity index (χ4n) is 4.57. The molecule has 4 rings (SSSR count). The summed E-state index contributed by atoms with van der Waals surface area (Å²) in [6.07, 6.45) is 0.944. The van der Waals surface area contributed by atoms with E-state index in [4.69, 9.17) is 10.9 Å². The molecule has 0 spiro atoms. The van der Waals surface area contributed by atoms with Gasteiger partial charge in [-0.05, 0) is 41.7 Å². The fraction of sp³-hybridized carbons (Fsp3) is 0.250. The number of benzene rings is 2. The van der Waals surface area contributed by atoms with E-state index in [-0.39, 0.29) is 21.9 Å². The molecule has 164 valence electrons. The van der Waals surface area contributed by atoms with Crippen LogP contribution in [0.5, 0.6) is 0 Å². The maximum absolute atomic E-state index is 13.4. The molecule has 0 saturated heterocycles. The molecule has 32 heavy (non-hydrogen) atoms. The summed E-state index contributed by atoms with van der Waals surface area (Å²) in [6, 6.07) is 17.6. The first-order valence-corrected chi connectivity index (χ1v) is 11.7. The number of sulfonamides is 1. The molecule has 1 aliphatic heterocycles. The Morgan fingerprint density at radius 3 is 2.25 bits per heavy atom. The Morgan fingerprint density at radius 2 is 1.69 bits per heavy atom. The smallest absolute Gasteiger partial charge is 0.238 e. The van der Waals surface area contributed by atoms with Crippen LogP contribution in [-0.2, 0) is 14.8 Å². The minimum atomic E-state index is -3.86. The SMILES string of the molecule is CC1(C)CC(=O)C2=C(C1)N(c1ccc(S(N)(=O)=O)cc1)C(N)=C(C#N)[C@H]2c1ccccc1. The van der Waals surface area contributed by atoms with Gasteiger partial charge in [0.1, 0.15) is 5.82 Å². The third-order valence-corrected chi connectivity index (χ3v) is 6.87. The molecule has 1 aliphatic carbocycles. The van der Waals surface area contributed by atoms with E-state index in [2.05, 4.69) is 6.07 Å². The lowest BCUT2D eigenvalue weighted by Crippen LogP contribution is -2.42. The third-order valence-electron chi connectivity index (χ3n) is 5.94. The van der Waals surface area contributed by atoms with E-state index < -0.39 is 15.9 Å². The number of carbonyl (C=O) groups is 1. The van der Waals surface area contributed by atoms with Crippen molar-refractivity contribution in [2.75, 3.05) is 4.90 Å². The highest BCUT2D eigenvalue weighted by atomic mass is 32.2. The van der Waals surface area contributed by atoms with Gasteiger partial charge in [-0.2, -0.15) is 5.26 Å². The summed E-state index contributed by atoms with van der Waals surface area (Å²) < 4.78 is 23.3. The van der Waals surface area contributed by atoms with E-state index in [1.165, 1.54) is 12.1 Å². The van der Waals surface area contributed by atoms with Crippen LogP contribution in [0.1, 0.15) is 38.2 Å². The first kappa shape index (κ1) is 21.8. The molecule has 0 saturated carbocycles. The normalized spacial score (nSPS) is 20.8. The third kappa shape index (κ3) is 3.70. The van der Waals surface area contributed by atoms with Crippen molar-refractivity contribution in [3.05, 3.63) is 82.8 Å². The zero-order valence-electron chi connectivity index (χ0n) is 17.9. The van der Waals surface area contributed by atoms with Crippen molar-refractivity contribution in [3.63, 3.8) is 0 Å². The summed E-state index contributed by atoms with van der Waals surface area (Å²) in [5, 5.41) is 15.3. The summed E-state index contributed by atoms with van der Waals surface area (Å²) >= 11 is 0. The van der Waals surface area contributed by atoms with Gasteiger partial charge >= 0.3 is 0 Å². The zero-order chi connectivity index (χ0) is 23.3. The van der Waals surface area contributed by atoms with Crippen LogP contribution in [0, 0.1) is 16.7 Å². The molecular weight excluding hydrogens is 424 g/mol. The van der Waals surface area contributed by atoms with E-state index in [1.54, 1.807) is 17.0 Å². The molecule has 1 heterocycles. The number of nitriles is 1. The van der Waals surface area contributed by atoms with Gasteiger partial charge in [-0.1, -0.05) is 44.2 Å². The number of rotatable bonds is 3. The Kier molecular flexibility index (Phi) is 5.19. The first-order chi connectivity index (χ1) is 15.0. The van der Waals surface area contributed by atoms with Gasteiger partial charge in [0.15, 0.2) is 5.78 Å². The van der Waals surface area contributed by atoms with Gasteiger partial charge in [-0.25, -0.2) is 13.6 Å². The molecule has 1 atom stereocenters. The Labute approximate surface area is 187 Å². The average Bonchev–Trinajstić information content (AvgIpc) is 2.72. The molecule has 2 aromatic rings. The van der Waals surface area contributed by atoms with E-state index in [9.17, 15) is 18.5 Å². The Balaban J connectivity index is 1.96.